The summed E-state index contributed by atoms with van der Waals surface area (Å²) in [5.74, 6) is 1.93. The first-order valence-electron chi connectivity index (χ1n) is 10.2. The molecule has 3 heteroatoms. The van der Waals surface area contributed by atoms with Crippen molar-refractivity contribution in [2.45, 2.75) is 26.3 Å². The standard InChI is InChI=1S/C26H26N2O/c1-21-13-16-23(17-14-21)29-20-8-7-19-28-25-12-6-5-11-24(25)27-26(28)18-15-22-9-3-2-4-10-22/h2-6,9-18H,7-8,19-20H2,1H3/b18-15+. The summed E-state index contributed by atoms with van der Waals surface area (Å²) in [6.07, 6.45) is 6.27. The van der Waals surface area contributed by atoms with Crippen LogP contribution in [0, 0.1) is 6.92 Å². The van der Waals surface area contributed by atoms with Gasteiger partial charge < -0.3 is 9.30 Å². The highest BCUT2D eigenvalue weighted by molar-refractivity contribution is 5.79. The Morgan fingerprint density at radius 1 is 0.828 bits per heavy atom. The number of hydrogen-bond acceptors (Lipinski definition) is 2. The number of nitrogens with zero attached hydrogens (tertiary/aromatic N) is 2. The van der Waals surface area contributed by atoms with Crippen LogP contribution in [0.3, 0.4) is 0 Å². The minimum absolute atomic E-state index is 0.727. The van der Waals surface area contributed by atoms with E-state index in [1.165, 1.54) is 16.6 Å². The summed E-state index contributed by atoms with van der Waals surface area (Å²) in [5.41, 5.74) is 4.65. The second-order valence-corrected chi connectivity index (χ2v) is 7.22. The Morgan fingerprint density at radius 3 is 2.41 bits per heavy atom. The first-order chi connectivity index (χ1) is 14.3. The molecule has 1 aromatic heterocycles. The molecule has 0 amide bonds. The van der Waals surface area contributed by atoms with Gasteiger partial charge in [-0.3, -0.25) is 0 Å². The van der Waals surface area contributed by atoms with E-state index in [0.29, 0.717) is 0 Å². The fourth-order valence-corrected chi connectivity index (χ4v) is 3.39. The quantitative estimate of drug-likeness (QED) is 0.331. The van der Waals surface area contributed by atoms with Crippen LogP contribution < -0.4 is 4.74 Å². The highest BCUT2D eigenvalue weighted by Crippen LogP contribution is 2.19. The number of unbranched alkanes of at least 4 members (excludes halogenated alkanes) is 1. The van der Waals surface area contributed by atoms with E-state index >= 15 is 0 Å². The molecule has 0 atom stereocenters. The van der Waals surface area contributed by atoms with E-state index in [1.807, 2.05) is 24.3 Å². The Balaban J connectivity index is 1.41. The number of fused-ring (bicyclic) bond motifs is 1. The van der Waals surface area contributed by atoms with Gasteiger partial charge in [0.2, 0.25) is 0 Å². The number of hydrogen-bond donors (Lipinski definition) is 0. The summed E-state index contributed by atoms with van der Waals surface area (Å²) < 4.78 is 8.17. The van der Waals surface area contributed by atoms with Crippen molar-refractivity contribution >= 4 is 23.2 Å². The molecule has 146 valence electrons. The van der Waals surface area contributed by atoms with Crippen LogP contribution in [0.5, 0.6) is 5.75 Å². The third kappa shape index (κ3) is 4.94. The van der Waals surface area contributed by atoms with Crippen molar-refractivity contribution < 1.29 is 4.74 Å². The number of rotatable bonds is 8. The predicted octanol–water partition coefficient (Wildman–Crippen LogP) is 6.37. The van der Waals surface area contributed by atoms with Gasteiger partial charge in [0.25, 0.3) is 0 Å². The molecule has 0 spiro atoms. The molecule has 1 heterocycles. The zero-order valence-electron chi connectivity index (χ0n) is 16.8. The summed E-state index contributed by atoms with van der Waals surface area (Å²) in [5, 5.41) is 0. The Morgan fingerprint density at radius 2 is 1.59 bits per heavy atom. The van der Waals surface area contributed by atoms with Crippen LogP contribution in [0.1, 0.15) is 29.8 Å². The lowest BCUT2D eigenvalue weighted by Crippen LogP contribution is -2.04. The predicted molar refractivity (Wildman–Crippen MR) is 121 cm³/mol. The van der Waals surface area contributed by atoms with Crippen LogP contribution in [0.25, 0.3) is 23.2 Å². The first kappa shape index (κ1) is 19.0. The number of ether oxygens (including phenoxy) is 1. The molecule has 4 rings (SSSR count). The van der Waals surface area contributed by atoms with E-state index < -0.39 is 0 Å². The molecule has 0 radical (unpaired) electrons. The minimum atomic E-state index is 0.727. The van der Waals surface area contributed by atoms with E-state index in [9.17, 15) is 0 Å². The molecule has 3 nitrogen and oxygen atoms in total. The SMILES string of the molecule is Cc1ccc(OCCCCn2c(/C=C/c3ccccc3)nc3ccccc32)cc1. The molecule has 0 N–H and O–H groups in total. The molecule has 0 saturated carbocycles. The maximum atomic E-state index is 5.86. The molecular weight excluding hydrogens is 356 g/mol. The van der Waals surface area contributed by atoms with Gasteiger partial charge in [-0.05, 0) is 55.7 Å². The lowest BCUT2D eigenvalue weighted by atomic mass is 10.2. The number of aromatic nitrogens is 2. The molecule has 29 heavy (non-hydrogen) atoms. The number of imidazole rings is 1. The smallest absolute Gasteiger partial charge is 0.133 e. The summed E-state index contributed by atoms with van der Waals surface area (Å²) in [6.45, 7) is 3.74. The molecule has 0 aliphatic heterocycles. The Bertz CT molecular complexity index is 1080. The third-order valence-corrected chi connectivity index (χ3v) is 4.97. The second kappa shape index (κ2) is 9.24. The van der Waals surface area contributed by atoms with Gasteiger partial charge in [-0.2, -0.15) is 0 Å². The summed E-state index contributed by atoms with van der Waals surface area (Å²) in [7, 11) is 0. The Kier molecular flexibility index (Phi) is 6.06. The Labute approximate surface area is 172 Å². The summed E-state index contributed by atoms with van der Waals surface area (Å²) >= 11 is 0. The van der Waals surface area contributed by atoms with Crippen LogP contribution in [0.4, 0.5) is 0 Å². The van der Waals surface area contributed by atoms with Gasteiger partial charge >= 0.3 is 0 Å². The average Bonchev–Trinajstić information content (AvgIpc) is 3.12. The van der Waals surface area contributed by atoms with Crippen LogP contribution in [-0.4, -0.2) is 16.2 Å². The normalized spacial score (nSPS) is 11.3. The molecule has 3 aromatic carbocycles. The first-order valence-corrected chi connectivity index (χ1v) is 10.2. The maximum absolute atomic E-state index is 5.86. The second-order valence-electron chi connectivity index (χ2n) is 7.22. The summed E-state index contributed by atoms with van der Waals surface area (Å²) in [6, 6.07) is 26.9. The maximum Gasteiger partial charge on any atom is 0.133 e. The molecule has 0 saturated heterocycles. The van der Waals surface area contributed by atoms with Gasteiger partial charge in [0.1, 0.15) is 11.6 Å². The van der Waals surface area contributed by atoms with Gasteiger partial charge in [0.15, 0.2) is 0 Å². The molecule has 0 unspecified atom stereocenters. The van der Waals surface area contributed by atoms with Crippen molar-refractivity contribution in [2.75, 3.05) is 6.61 Å². The zero-order valence-corrected chi connectivity index (χ0v) is 16.8. The van der Waals surface area contributed by atoms with Gasteiger partial charge in [0, 0.05) is 6.54 Å². The molecule has 0 aliphatic carbocycles. The fourth-order valence-electron chi connectivity index (χ4n) is 3.39. The average molecular weight is 383 g/mol. The van der Waals surface area contributed by atoms with Gasteiger partial charge in [-0.25, -0.2) is 4.98 Å². The van der Waals surface area contributed by atoms with Crippen molar-refractivity contribution in [1.82, 2.24) is 9.55 Å². The van der Waals surface area contributed by atoms with E-state index in [4.69, 9.17) is 9.72 Å². The van der Waals surface area contributed by atoms with E-state index in [-0.39, 0.29) is 0 Å². The lowest BCUT2D eigenvalue weighted by molar-refractivity contribution is 0.303. The van der Waals surface area contributed by atoms with Crippen molar-refractivity contribution in [3.63, 3.8) is 0 Å². The lowest BCUT2D eigenvalue weighted by Gasteiger charge is -2.09. The topological polar surface area (TPSA) is 27.1 Å². The zero-order chi connectivity index (χ0) is 19.9. The monoisotopic (exact) mass is 382 g/mol. The number of aryl methyl sites for hydroxylation is 2. The van der Waals surface area contributed by atoms with Crippen LogP contribution in [-0.2, 0) is 6.54 Å². The minimum Gasteiger partial charge on any atom is -0.494 e. The highest BCUT2D eigenvalue weighted by Gasteiger charge is 2.08. The van der Waals surface area contributed by atoms with Crippen molar-refractivity contribution in [1.29, 1.82) is 0 Å². The van der Waals surface area contributed by atoms with Crippen molar-refractivity contribution in [3.8, 4) is 5.75 Å². The van der Waals surface area contributed by atoms with Gasteiger partial charge in [-0.1, -0.05) is 66.2 Å². The van der Waals surface area contributed by atoms with Gasteiger partial charge in [-0.15, -0.1) is 0 Å². The van der Waals surface area contributed by atoms with E-state index in [2.05, 4.69) is 78.2 Å². The molecule has 4 aromatic rings. The highest BCUT2D eigenvalue weighted by atomic mass is 16.5. The summed E-state index contributed by atoms with van der Waals surface area (Å²) in [4.78, 5) is 4.83. The van der Waals surface area contributed by atoms with Crippen molar-refractivity contribution in [3.05, 3.63) is 95.8 Å². The Hall–Kier alpha value is -3.33. The van der Waals surface area contributed by atoms with E-state index in [0.717, 1.165) is 43.1 Å². The third-order valence-electron chi connectivity index (χ3n) is 4.97. The number of benzene rings is 3. The molecule has 0 bridgehead atoms. The fraction of sp³-hybridized carbons (Fsp3) is 0.192. The molecule has 0 fully saturated rings. The van der Waals surface area contributed by atoms with E-state index in [1.54, 1.807) is 0 Å². The molecule has 0 aliphatic rings. The van der Waals surface area contributed by atoms with Crippen LogP contribution in [0.15, 0.2) is 78.9 Å². The van der Waals surface area contributed by atoms with Crippen molar-refractivity contribution in [2.24, 2.45) is 0 Å². The largest absolute Gasteiger partial charge is 0.494 e. The van der Waals surface area contributed by atoms with Crippen LogP contribution >= 0.6 is 0 Å². The van der Waals surface area contributed by atoms with Gasteiger partial charge in [0.05, 0.1) is 17.6 Å². The number of para-hydroxylation sites is 2. The van der Waals surface area contributed by atoms with Crippen LogP contribution in [0.2, 0.25) is 0 Å². The molecular formula is C26H26N2O.